The number of carbonyl (C=O) groups excluding carboxylic acids is 1. The molecule has 4 rings (SSSR count). The summed E-state index contributed by atoms with van der Waals surface area (Å²) in [6.45, 7) is 0.779. The Morgan fingerprint density at radius 3 is 2.26 bits per heavy atom. The van der Waals surface area contributed by atoms with Crippen LogP contribution < -0.4 is 15.4 Å². The fraction of sp³-hybridized carbons (Fsp3) is 0.115. The molecule has 3 aromatic carbocycles. The Kier molecular flexibility index (Phi) is 6.78. The molecule has 3 N–H and O–H groups in total. The van der Waals surface area contributed by atoms with E-state index in [2.05, 4.69) is 5.32 Å². The number of benzene rings is 3. The van der Waals surface area contributed by atoms with Crippen LogP contribution in [-0.2, 0) is 11.4 Å². The number of carbonyl (C=O) groups is 1. The predicted octanol–water partition coefficient (Wildman–Crippen LogP) is 4.15. The fourth-order valence-electron chi connectivity index (χ4n) is 3.36. The van der Waals surface area contributed by atoms with Crippen LogP contribution in [0.25, 0.3) is 0 Å². The van der Waals surface area contributed by atoms with Crippen LogP contribution >= 0.6 is 0 Å². The second-order valence-corrected chi connectivity index (χ2v) is 7.19. The minimum atomic E-state index is -0.0783. The number of furan rings is 1. The molecule has 0 saturated carbocycles. The van der Waals surface area contributed by atoms with Gasteiger partial charge in [-0.3, -0.25) is 4.79 Å². The summed E-state index contributed by atoms with van der Waals surface area (Å²) in [5, 5.41) is 4.91. The molecule has 0 aliphatic carbocycles. The third-order valence-electron chi connectivity index (χ3n) is 4.93. The normalized spacial score (nSPS) is 11.6. The molecule has 0 fully saturated rings. The van der Waals surface area contributed by atoms with Crippen LogP contribution in [0.3, 0.4) is 0 Å². The van der Waals surface area contributed by atoms with Crippen LogP contribution in [0, 0.1) is 0 Å². The van der Waals surface area contributed by atoms with Crippen LogP contribution in [0.4, 0.5) is 5.69 Å². The van der Waals surface area contributed by atoms with E-state index in [1.807, 2.05) is 102 Å². The van der Waals surface area contributed by atoms with Gasteiger partial charge in [0, 0.05) is 11.3 Å². The summed E-state index contributed by atoms with van der Waals surface area (Å²) in [6.07, 6.45) is 1.65. The molecule has 31 heavy (non-hydrogen) atoms. The molecule has 0 spiro atoms. The summed E-state index contributed by atoms with van der Waals surface area (Å²) in [5.41, 5.74) is 2.94. The molecular formula is C26H25N2O3+. The highest BCUT2D eigenvalue weighted by Crippen LogP contribution is 2.19. The van der Waals surface area contributed by atoms with Gasteiger partial charge in [-0.15, -0.1) is 0 Å². The van der Waals surface area contributed by atoms with E-state index in [4.69, 9.17) is 9.15 Å². The maximum Gasteiger partial charge on any atom is 0.279 e. The number of anilines is 1. The number of quaternary nitrogens is 1. The molecule has 1 heterocycles. The zero-order valence-corrected chi connectivity index (χ0v) is 17.1. The van der Waals surface area contributed by atoms with Gasteiger partial charge in [0.2, 0.25) is 0 Å². The van der Waals surface area contributed by atoms with Crippen molar-refractivity contribution in [1.29, 1.82) is 0 Å². The summed E-state index contributed by atoms with van der Waals surface area (Å²) in [6, 6.07) is 31.2. The van der Waals surface area contributed by atoms with Gasteiger partial charge < -0.3 is 19.8 Å². The van der Waals surface area contributed by atoms with Gasteiger partial charge in [0.25, 0.3) is 5.91 Å². The van der Waals surface area contributed by atoms with E-state index < -0.39 is 0 Å². The number of rotatable bonds is 9. The highest BCUT2D eigenvalue weighted by molar-refractivity contribution is 5.91. The highest BCUT2D eigenvalue weighted by Gasteiger charge is 2.21. The number of nitrogens with one attached hydrogen (secondary N) is 1. The van der Waals surface area contributed by atoms with Gasteiger partial charge in [-0.2, -0.15) is 0 Å². The van der Waals surface area contributed by atoms with Crippen molar-refractivity contribution in [3.8, 4) is 5.75 Å². The summed E-state index contributed by atoms with van der Waals surface area (Å²) in [7, 11) is 0. The van der Waals surface area contributed by atoms with Crippen LogP contribution in [0.2, 0.25) is 0 Å². The van der Waals surface area contributed by atoms with Crippen LogP contribution in [-0.4, -0.2) is 12.5 Å². The van der Waals surface area contributed by atoms with Crippen molar-refractivity contribution < 1.29 is 19.3 Å². The molecule has 5 nitrogen and oxygen atoms in total. The number of hydrogen-bond acceptors (Lipinski definition) is 3. The molecule has 1 atom stereocenters. The van der Waals surface area contributed by atoms with Crippen molar-refractivity contribution in [3.63, 3.8) is 0 Å². The van der Waals surface area contributed by atoms with Gasteiger partial charge in [-0.05, 0) is 42.0 Å². The lowest BCUT2D eigenvalue weighted by Gasteiger charge is -2.14. The Hall–Kier alpha value is -3.83. The van der Waals surface area contributed by atoms with Crippen molar-refractivity contribution in [3.05, 3.63) is 120 Å². The quantitative estimate of drug-likeness (QED) is 0.433. The Balaban J connectivity index is 1.30. The lowest BCUT2D eigenvalue weighted by atomic mass is 10.0. The van der Waals surface area contributed by atoms with Gasteiger partial charge >= 0.3 is 0 Å². The maximum atomic E-state index is 12.5. The number of ether oxygens (including phenoxy) is 1. The van der Waals surface area contributed by atoms with Gasteiger partial charge in [-0.1, -0.05) is 60.7 Å². The third kappa shape index (κ3) is 5.84. The molecule has 0 aliphatic rings. The second-order valence-electron chi connectivity index (χ2n) is 7.19. The first-order chi connectivity index (χ1) is 15.3. The van der Waals surface area contributed by atoms with Gasteiger partial charge in [0.05, 0.1) is 6.26 Å². The minimum absolute atomic E-state index is 0.0734. The van der Waals surface area contributed by atoms with E-state index in [1.165, 1.54) is 0 Å². The Morgan fingerprint density at radius 2 is 1.58 bits per heavy atom. The Morgan fingerprint density at radius 1 is 0.871 bits per heavy atom. The predicted molar refractivity (Wildman–Crippen MR) is 120 cm³/mol. The molecule has 5 heteroatoms. The summed E-state index contributed by atoms with van der Waals surface area (Å²) in [4.78, 5) is 12.5. The first-order valence-corrected chi connectivity index (χ1v) is 10.3. The highest BCUT2D eigenvalue weighted by atomic mass is 16.5. The number of nitrogens with two attached hydrogens (primary N) is 1. The molecule has 1 aromatic heterocycles. The largest absolute Gasteiger partial charge is 0.489 e. The van der Waals surface area contributed by atoms with Crippen molar-refractivity contribution >= 4 is 11.6 Å². The Labute approximate surface area is 181 Å². The topological polar surface area (TPSA) is 68.1 Å². The van der Waals surface area contributed by atoms with Crippen LogP contribution in [0.15, 0.2) is 108 Å². The maximum absolute atomic E-state index is 12.5. The van der Waals surface area contributed by atoms with Crippen molar-refractivity contribution in [1.82, 2.24) is 0 Å². The van der Waals surface area contributed by atoms with Gasteiger partial charge in [0.1, 0.15) is 12.4 Å². The monoisotopic (exact) mass is 413 g/mol. The lowest BCUT2D eigenvalue weighted by molar-refractivity contribution is -0.678. The van der Waals surface area contributed by atoms with Gasteiger partial charge in [0.15, 0.2) is 18.3 Å². The van der Waals surface area contributed by atoms with E-state index >= 15 is 0 Å². The molecule has 0 radical (unpaired) electrons. The van der Waals surface area contributed by atoms with Crippen molar-refractivity contribution in [2.45, 2.75) is 12.6 Å². The van der Waals surface area contributed by atoms with E-state index in [1.54, 1.807) is 6.26 Å². The lowest BCUT2D eigenvalue weighted by Crippen LogP contribution is -2.87. The standard InChI is InChI=1S/C26H24N2O3/c29-25(18-27-26(24-12-7-17-30-24)21-10-5-2-6-11-21)28-22-13-15-23(16-14-22)31-19-20-8-3-1-4-9-20/h1-17,26-27H,18-19H2,(H,28,29)/p+1/t26-/m0/s1. The zero-order valence-electron chi connectivity index (χ0n) is 17.1. The number of amides is 1. The van der Waals surface area contributed by atoms with E-state index in [0.29, 0.717) is 6.61 Å². The van der Waals surface area contributed by atoms with Gasteiger partial charge in [-0.25, -0.2) is 0 Å². The molecule has 1 amide bonds. The molecule has 0 saturated heterocycles. The van der Waals surface area contributed by atoms with E-state index in [0.717, 1.165) is 28.3 Å². The molecule has 0 aliphatic heterocycles. The average molecular weight is 413 g/mol. The smallest absolute Gasteiger partial charge is 0.279 e. The molecule has 4 aromatic rings. The SMILES string of the molecule is O=C(C[NH2+][C@@H](c1ccccc1)c1ccco1)Nc1ccc(OCc2ccccc2)cc1. The molecule has 0 bridgehead atoms. The van der Waals surface area contributed by atoms with E-state index in [-0.39, 0.29) is 18.5 Å². The number of hydrogen-bond donors (Lipinski definition) is 2. The zero-order chi connectivity index (χ0) is 21.3. The van der Waals surface area contributed by atoms with Crippen molar-refractivity contribution in [2.75, 3.05) is 11.9 Å². The average Bonchev–Trinajstić information content (AvgIpc) is 3.35. The first-order valence-electron chi connectivity index (χ1n) is 10.3. The summed E-state index contributed by atoms with van der Waals surface area (Å²) >= 11 is 0. The fourth-order valence-corrected chi connectivity index (χ4v) is 3.36. The Bertz CT molecular complexity index is 1060. The summed E-state index contributed by atoms with van der Waals surface area (Å²) in [5.74, 6) is 1.50. The van der Waals surface area contributed by atoms with Crippen LogP contribution in [0.5, 0.6) is 5.75 Å². The first kappa shape index (κ1) is 20.4. The van der Waals surface area contributed by atoms with Crippen LogP contribution in [0.1, 0.15) is 22.9 Å². The molecular weight excluding hydrogens is 388 g/mol. The molecule has 156 valence electrons. The third-order valence-corrected chi connectivity index (χ3v) is 4.93. The molecule has 0 unspecified atom stereocenters. The van der Waals surface area contributed by atoms with E-state index in [9.17, 15) is 4.79 Å². The second kappa shape index (κ2) is 10.3. The minimum Gasteiger partial charge on any atom is -0.489 e. The van der Waals surface area contributed by atoms with Crippen molar-refractivity contribution in [2.24, 2.45) is 0 Å². The summed E-state index contributed by atoms with van der Waals surface area (Å²) < 4.78 is 11.4.